The van der Waals surface area contributed by atoms with E-state index in [4.69, 9.17) is 0 Å². The van der Waals surface area contributed by atoms with Crippen LogP contribution in [-0.4, -0.2) is 9.55 Å². The molecule has 0 radical (unpaired) electrons. The van der Waals surface area contributed by atoms with E-state index in [0.717, 1.165) is 17.1 Å². The largest absolute Gasteiger partial charge is 0.299 e. The van der Waals surface area contributed by atoms with Crippen LogP contribution in [0.4, 0.5) is 4.39 Å². The highest BCUT2D eigenvalue weighted by Gasteiger charge is 2.13. The minimum absolute atomic E-state index is 0.244. The van der Waals surface area contributed by atoms with Gasteiger partial charge in [-0.05, 0) is 72.5 Å². The van der Waals surface area contributed by atoms with Gasteiger partial charge in [0.2, 0.25) is 0 Å². The molecule has 0 amide bonds. The molecule has 1 heterocycles. The van der Waals surface area contributed by atoms with Gasteiger partial charge < -0.3 is 0 Å². The van der Waals surface area contributed by atoms with Crippen molar-refractivity contribution in [2.24, 2.45) is 0 Å². The molecule has 0 aliphatic rings. The number of nitrogens with zero attached hydrogens (tertiary/aromatic N) is 2. The molecule has 4 rings (SSSR count). The topological polar surface area (TPSA) is 17.8 Å². The summed E-state index contributed by atoms with van der Waals surface area (Å²) in [5.41, 5.74) is 6.75. The van der Waals surface area contributed by atoms with E-state index in [1.54, 1.807) is 18.3 Å². The van der Waals surface area contributed by atoms with E-state index < -0.39 is 0 Å². The van der Waals surface area contributed by atoms with Crippen LogP contribution in [0, 0.1) is 19.7 Å². The van der Waals surface area contributed by atoms with Gasteiger partial charge in [0.15, 0.2) is 0 Å². The average molecular weight is 342 g/mol. The van der Waals surface area contributed by atoms with Gasteiger partial charge in [0.25, 0.3) is 0 Å². The Morgan fingerprint density at radius 3 is 2.08 bits per heavy atom. The third kappa shape index (κ3) is 2.92. The molecular weight excluding hydrogens is 323 g/mol. The fraction of sp³-hybridized carbons (Fsp3) is 0.0870. The van der Waals surface area contributed by atoms with Crippen LogP contribution in [0.25, 0.3) is 28.2 Å². The van der Waals surface area contributed by atoms with Crippen molar-refractivity contribution >= 4 is 0 Å². The minimum Gasteiger partial charge on any atom is -0.299 e. The minimum atomic E-state index is -0.244. The maximum Gasteiger partial charge on any atom is 0.144 e. The molecular formula is C23H19FN2. The lowest BCUT2D eigenvalue weighted by molar-refractivity contribution is 0.628. The Morgan fingerprint density at radius 1 is 0.769 bits per heavy atom. The number of halogens is 1. The first kappa shape index (κ1) is 16.3. The monoisotopic (exact) mass is 342 g/mol. The van der Waals surface area contributed by atoms with E-state index in [1.165, 1.54) is 34.4 Å². The summed E-state index contributed by atoms with van der Waals surface area (Å²) in [6, 6.07) is 21.2. The van der Waals surface area contributed by atoms with Gasteiger partial charge in [0.05, 0.1) is 5.69 Å². The van der Waals surface area contributed by atoms with Crippen LogP contribution >= 0.6 is 0 Å². The summed E-state index contributed by atoms with van der Waals surface area (Å²) < 4.78 is 15.3. The van der Waals surface area contributed by atoms with Crippen LogP contribution in [0.15, 0.2) is 79.1 Å². The van der Waals surface area contributed by atoms with E-state index in [-0.39, 0.29) is 5.82 Å². The van der Waals surface area contributed by atoms with Crippen molar-refractivity contribution in [1.29, 1.82) is 0 Å². The number of hydrogen-bond donors (Lipinski definition) is 0. The molecule has 0 unspecified atom stereocenters. The average Bonchev–Trinajstić information content (AvgIpc) is 3.12. The summed E-state index contributed by atoms with van der Waals surface area (Å²) in [6.07, 6.45) is 3.74. The van der Waals surface area contributed by atoms with Gasteiger partial charge in [0, 0.05) is 18.0 Å². The number of rotatable bonds is 3. The number of benzene rings is 3. The highest BCUT2D eigenvalue weighted by molar-refractivity contribution is 5.70. The van der Waals surface area contributed by atoms with Crippen molar-refractivity contribution < 1.29 is 4.39 Å². The normalized spacial score (nSPS) is 10.9. The zero-order valence-electron chi connectivity index (χ0n) is 14.8. The predicted molar refractivity (Wildman–Crippen MR) is 104 cm³/mol. The third-order valence-electron chi connectivity index (χ3n) is 4.58. The molecule has 0 N–H and O–H groups in total. The Bertz CT molecular complexity index is 1020. The summed E-state index contributed by atoms with van der Waals surface area (Å²) in [7, 11) is 0. The van der Waals surface area contributed by atoms with Crippen LogP contribution < -0.4 is 0 Å². The predicted octanol–water partition coefficient (Wildman–Crippen LogP) is 5.96. The van der Waals surface area contributed by atoms with Gasteiger partial charge in [0.1, 0.15) is 11.6 Å². The Labute approximate surface area is 152 Å². The first-order valence-corrected chi connectivity index (χ1v) is 8.60. The van der Waals surface area contributed by atoms with Crippen molar-refractivity contribution in [2.45, 2.75) is 13.8 Å². The second-order valence-electron chi connectivity index (χ2n) is 6.45. The zero-order chi connectivity index (χ0) is 18.1. The fourth-order valence-electron chi connectivity index (χ4n) is 3.43. The third-order valence-corrected chi connectivity index (χ3v) is 4.58. The van der Waals surface area contributed by atoms with E-state index in [9.17, 15) is 4.39 Å². The van der Waals surface area contributed by atoms with Crippen LogP contribution in [0.3, 0.4) is 0 Å². The molecule has 0 bridgehead atoms. The molecule has 26 heavy (non-hydrogen) atoms. The van der Waals surface area contributed by atoms with Crippen molar-refractivity contribution in [1.82, 2.24) is 9.55 Å². The lowest BCUT2D eigenvalue weighted by atomic mass is 9.98. The van der Waals surface area contributed by atoms with Gasteiger partial charge in [-0.25, -0.2) is 9.37 Å². The van der Waals surface area contributed by atoms with Gasteiger partial charge in [-0.3, -0.25) is 4.57 Å². The Morgan fingerprint density at radius 2 is 1.42 bits per heavy atom. The van der Waals surface area contributed by atoms with E-state index in [1.807, 2.05) is 12.3 Å². The summed E-state index contributed by atoms with van der Waals surface area (Å²) in [6.45, 7) is 4.23. The van der Waals surface area contributed by atoms with Gasteiger partial charge in [-0.1, -0.05) is 30.3 Å². The standard InChI is InChI=1S/C23H19FN2/c1-16-14-20(18-6-4-3-5-7-18)15-17(2)22(16)26-13-12-25-23(26)19-8-10-21(24)11-9-19/h3-15H,1-2H3. The molecule has 4 aromatic rings. The molecule has 128 valence electrons. The Hall–Kier alpha value is -3.20. The molecule has 3 aromatic carbocycles. The zero-order valence-corrected chi connectivity index (χ0v) is 14.8. The molecule has 3 heteroatoms. The van der Waals surface area contributed by atoms with Crippen LogP contribution in [0.5, 0.6) is 0 Å². The highest BCUT2D eigenvalue weighted by Crippen LogP contribution is 2.30. The Kier molecular flexibility index (Phi) is 4.13. The molecule has 0 fully saturated rings. The van der Waals surface area contributed by atoms with E-state index in [2.05, 4.69) is 59.8 Å². The van der Waals surface area contributed by atoms with E-state index in [0.29, 0.717) is 0 Å². The van der Waals surface area contributed by atoms with Crippen LogP contribution in [0.2, 0.25) is 0 Å². The summed E-state index contributed by atoms with van der Waals surface area (Å²) in [5, 5.41) is 0. The quantitative estimate of drug-likeness (QED) is 0.449. The van der Waals surface area contributed by atoms with Crippen molar-refractivity contribution in [3.63, 3.8) is 0 Å². The summed E-state index contributed by atoms with van der Waals surface area (Å²) in [5.74, 6) is 0.565. The van der Waals surface area contributed by atoms with Crippen molar-refractivity contribution in [2.75, 3.05) is 0 Å². The first-order chi connectivity index (χ1) is 12.6. The maximum atomic E-state index is 13.3. The van der Waals surface area contributed by atoms with Crippen molar-refractivity contribution in [3.8, 4) is 28.2 Å². The smallest absolute Gasteiger partial charge is 0.144 e. The molecule has 0 saturated heterocycles. The maximum absolute atomic E-state index is 13.3. The molecule has 2 nitrogen and oxygen atoms in total. The number of aromatic nitrogens is 2. The van der Waals surface area contributed by atoms with Gasteiger partial charge in [-0.2, -0.15) is 0 Å². The summed E-state index contributed by atoms with van der Waals surface area (Å²) in [4.78, 5) is 4.50. The van der Waals surface area contributed by atoms with Crippen molar-refractivity contribution in [3.05, 3.63) is 96.1 Å². The number of hydrogen-bond acceptors (Lipinski definition) is 1. The van der Waals surface area contributed by atoms with Crippen LogP contribution in [0.1, 0.15) is 11.1 Å². The Balaban J connectivity index is 1.83. The van der Waals surface area contributed by atoms with Crippen LogP contribution in [-0.2, 0) is 0 Å². The SMILES string of the molecule is Cc1cc(-c2ccccc2)cc(C)c1-n1ccnc1-c1ccc(F)cc1. The second kappa shape index (κ2) is 6.60. The highest BCUT2D eigenvalue weighted by atomic mass is 19.1. The molecule has 0 aliphatic carbocycles. The fourth-order valence-corrected chi connectivity index (χ4v) is 3.43. The lowest BCUT2D eigenvalue weighted by Crippen LogP contribution is -2.02. The summed E-state index contributed by atoms with van der Waals surface area (Å²) >= 11 is 0. The molecule has 0 atom stereocenters. The molecule has 1 aromatic heterocycles. The van der Waals surface area contributed by atoms with E-state index >= 15 is 0 Å². The van der Waals surface area contributed by atoms with Gasteiger partial charge in [-0.15, -0.1) is 0 Å². The van der Waals surface area contributed by atoms with Gasteiger partial charge >= 0.3 is 0 Å². The second-order valence-corrected chi connectivity index (χ2v) is 6.45. The lowest BCUT2D eigenvalue weighted by Gasteiger charge is -2.16. The number of aryl methyl sites for hydroxylation is 2. The molecule has 0 spiro atoms. The molecule has 0 aliphatic heterocycles. The number of imidazole rings is 1. The molecule has 0 saturated carbocycles. The first-order valence-electron chi connectivity index (χ1n) is 8.60.